The maximum atomic E-state index is 12.6. The number of fused-ring (bicyclic) bond motifs is 1. The van der Waals surface area contributed by atoms with Crippen molar-refractivity contribution in [3.8, 4) is 0 Å². The van der Waals surface area contributed by atoms with E-state index < -0.39 is 0 Å². The first-order chi connectivity index (χ1) is 13.1. The Kier molecular flexibility index (Phi) is 4.94. The molecule has 0 saturated carbocycles. The molecule has 1 aliphatic rings. The zero-order valence-electron chi connectivity index (χ0n) is 16.0. The summed E-state index contributed by atoms with van der Waals surface area (Å²) in [4.78, 5) is 21.9. The molecule has 7 nitrogen and oxygen atoms in total. The molecule has 0 N–H and O–H groups in total. The van der Waals surface area contributed by atoms with Crippen LogP contribution in [0.5, 0.6) is 0 Å². The van der Waals surface area contributed by atoms with Gasteiger partial charge in [0.25, 0.3) is 5.56 Å². The average molecular weight is 366 g/mol. The molecule has 27 heavy (non-hydrogen) atoms. The van der Waals surface area contributed by atoms with Crippen molar-refractivity contribution in [2.24, 2.45) is 0 Å². The average Bonchev–Trinajstić information content (AvgIpc) is 3.20. The van der Waals surface area contributed by atoms with E-state index in [4.69, 9.17) is 0 Å². The lowest BCUT2D eigenvalue weighted by Crippen LogP contribution is -2.47. The van der Waals surface area contributed by atoms with E-state index in [9.17, 15) is 4.79 Å². The van der Waals surface area contributed by atoms with Gasteiger partial charge in [0.05, 0.1) is 23.8 Å². The Bertz CT molecular complexity index is 954. The lowest BCUT2D eigenvalue weighted by molar-refractivity contribution is 0.244. The fourth-order valence-electron chi connectivity index (χ4n) is 3.59. The number of hydrogen-bond acceptors (Lipinski definition) is 5. The number of anilines is 1. The van der Waals surface area contributed by atoms with Gasteiger partial charge in [-0.25, -0.2) is 4.98 Å². The fraction of sp³-hybridized carbons (Fsp3) is 0.450. The number of nitrogens with zero attached hydrogens (tertiary/aromatic N) is 6. The predicted octanol–water partition coefficient (Wildman–Crippen LogP) is 2.00. The molecule has 0 aliphatic carbocycles. The molecule has 4 rings (SSSR count). The third-order valence-corrected chi connectivity index (χ3v) is 5.27. The van der Waals surface area contributed by atoms with Crippen LogP contribution in [0.1, 0.15) is 19.9 Å². The second kappa shape index (κ2) is 7.52. The number of benzene rings is 1. The Hall–Kier alpha value is -2.67. The molecule has 3 heterocycles. The quantitative estimate of drug-likeness (QED) is 0.691. The third-order valence-electron chi connectivity index (χ3n) is 5.27. The lowest BCUT2D eigenvalue weighted by Gasteiger charge is -2.36. The first-order valence-electron chi connectivity index (χ1n) is 9.57. The summed E-state index contributed by atoms with van der Waals surface area (Å²) in [7, 11) is 0. The molecule has 0 amide bonds. The highest BCUT2D eigenvalue weighted by Crippen LogP contribution is 2.20. The molecule has 0 unspecified atom stereocenters. The van der Waals surface area contributed by atoms with Gasteiger partial charge in [-0.15, -0.1) is 0 Å². The highest BCUT2D eigenvalue weighted by Gasteiger charge is 2.18. The maximum Gasteiger partial charge on any atom is 0.261 e. The number of aromatic nitrogens is 4. The van der Waals surface area contributed by atoms with Crippen molar-refractivity contribution in [1.29, 1.82) is 0 Å². The minimum absolute atomic E-state index is 0.0324. The van der Waals surface area contributed by atoms with Crippen molar-refractivity contribution >= 4 is 16.6 Å². The van der Waals surface area contributed by atoms with Crippen molar-refractivity contribution in [1.82, 2.24) is 24.2 Å². The summed E-state index contributed by atoms with van der Waals surface area (Å²) in [5, 5.41) is 4.95. The Morgan fingerprint density at radius 2 is 1.93 bits per heavy atom. The second-order valence-electron chi connectivity index (χ2n) is 7.35. The molecule has 1 saturated heterocycles. The maximum absolute atomic E-state index is 12.6. The van der Waals surface area contributed by atoms with Crippen LogP contribution in [-0.2, 0) is 6.54 Å². The topological polar surface area (TPSA) is 59.2 Å². The van der Waals surface area contributed by atoms with Gasteiger partial charge in [-0.05, 0) is 38.1 Å². The van der Waals surface area contributed by atoms with Gasteiger partial charge in [-0.3, -0.25) is 18.9 Å². The molecule has 0 spiro atoms. The van der Waals surface area contributed by atoms with E-state index in [1.807, 2.05) is 49.1 Å². The van der Waals surface area contributed by atoms with Crippen LogP contribution in [0, 0.1) is 0 Å². The first kappa shape index (κ1) is 17.7. The minimum Gasteiger partial charge on any atom is -0.369 e. The highest BCUT2D eigenvalue weighted by molar-refractivity contribution is 5.81. The van der Waals surface area contributed by atoms with Gasteiger partial charge >= 0.3 is 0 Å². The monoisotopic (exact) mass is 366 g/mol. The van der Waals surface area contributed by atoms with Crippen molar-refractivity contribution in [2.75, 3.05) is 37.6 Å². The Morgan fingerprint density at radius 3 is 2.63 bits per heavy atom. The predicted molar refractivity (Wildman–Crippen MR) is 107 cm³/mol. The van der Waals surface area contributed by atoms with E-state index in [1.54, 1.807) is 10.9 Å². The number of piperazine rings is 1. The van der Waals surface area contributed by atoms with Crippen molar-refractivity contribution in [3.63, 3.8) is 0 Å². The van der Waals surface area contributed by atoms with Crippen LogP contribution in [0.4, 0.5) is 5.69 Å². The van der Waals surface area contributed by atoms with Crippen LogP contribution in [0.2, 0.25) is 0 Å². The van der Waals surface area contributed by atoms with Crippen molar-refractivity contribution < 1.29 is 0 Å². The molecule has 1 fully saturated rings. The third kappa shape index (κ3) is 3.73. The van der Waals surface area contributed by atoms with E-state index in [0.717, 1.165) is 50.5 Å². The SMILES string of the molecule is CC(C)n1cnc2cc(N3CCN(CCn4cccn4)CC3)ccc2c1=O. The molecule has 1 aliphatic heterocycles. The van der Waals surface area contributed by atoms with E-state index in [2.05, 4.69) is 25.9 Å². The van der Waals surface area contributed by atoms with E-state index in [1.165, 1.54) is 0 Å². The van der Waals surface area contributed by atoms with Crippen molar-refractivity contribution in [2.45, 2.75) is 26.4 Å². The summed E-state index contributed by atoms with van der Waals surface area (Å²) in [6, 6.07) is 8.09. The second-order valence-corrected chi connectivity index (χ2v) is 7.35. The molecule has 1 aromatic carbocycles. The summed E-state index contributed by atoms with van der Waals surface area (Å²) in [6.45, 7) is 9.95. The van der Waals surface area contributed by atoms with Crippen LogP contribution >= 0.6 is 0 Å². The van der Waals surface area contributed by atoms with E-state index >= 15 is 0 Å². The van der Waals surface area contributed by atoms with Gasteiger partial charge in [-0.1, -0.05) is 0 Å². The summed E-state index contributed by atoms with van der Waals surface area (Å²) >= 11 is 0. The first-order valence-corrected chi connectivity index (χ1v) is 9.57. The van der Waals surface area contributed by atoms with Crippen LogP contribution < -0.4 is 10.5 Å². The van der Waals surface area contributed by atoms with Gasteiger partial charge in [0, 0.05) is 56.8 Å². The lowest BCUT2D eigenvalue weighted by atomic mass is 10.2. The fourth-order valence-corrected chi connectivity index (χ4v) is 3.59. The number of rotatable bonds is 5. The zero-order valence-corrected chi connectivity index (χ0v) is 16.0. The van der Waals surface area contributed by atoms with Gasteiger partial charge < -0.3 is 4.90 Å². The van der Waals surface area contributed by atoms with Gasteiger partial charge in [-0.2, -0.15) is 5.10 Å². The van der Waals surface area contributed by atoms with E-state index in [-0.39, 0.29) is 11.6 Å². The number of hydrogen-bond donors (Lipinski definition) is 0. The normalized spacial score (nSPS) is 15.7. The summed E-state index contributed by atoms with van der Waals surface area (Å²) in [5.41, 5.74) is 1.95. The highest BCUT2D eigenvalue weighted by atomic mass is 16.1. The molecule has 0 radical (unpaired) electrons. The van der Waals surface area contributed by atoms with E-state index in [0.29, 0.717) is 5.39 Å². The van der Waals surface area contributed by atoms with Gasteiger partial charge in [0.2, 0.25) is 0 Å². The van der Waals surface area contributed by atoms with Crippen LogP contribution in [0.25, 0.3) is 10.9 Å². The Labute approximate surface area is 158 Å². The molecule has 3 aromatic rings. The molecule has 2 aromatic heterocycles. The standard InChI is InChI=1S/C20H26N6O/c1-16(2)26-15-21-19-14-17(4-5-18(19)20(26)27)24-11-8-23(9-12-24)10-13-25-7-3-6-22-25/h3-7,14-16H,8-13H2,1-2H3. The van der Waals surface area contributed by atoms with Crippen LogP contribution in [0.15, 0.2) is 47.8 Å². The largest absolute Gasteiger partial charge is 0.369 e. The molecule has 0 bridgehead atoms. The van der Waals surface area contributed by atoms with Crippen LogP contribution in [0.3, 0.4) is 0 Å². The summed E-state index contributed by atoms with van der Waals surface area (Å²) in [6.07, 6.45) is 5.49. The Morgan fingerprint density at radius 1 is 1.11 bits per heavy atom. The molecular formula is C20H26N6O. The van der Waals surface area contributed by atoms with Crippen molar-refractivity contribution in [3.05, 3.63) is 53.3 Å². The molecule has 7 heteroatoms. The minimum atomic E-state index is 0.0324. The smallest absolute Gasteiger partial charge is 0.261 e. The molecule has 142 valence electrons. The Balaban J connectivity index is 1.43. The molecule has 0 atom stereocenters. The van der Waals surface area contributed by atoms with Crippen LogP contribution in [-0.4, -0.2) is 57.0 Å². The summed E-state index contributed by atoms with van der Waals surface area (Å²) < 4.78 is 3.66. The van der Waals surface area contributed by atoms with Gasteiger partial charge in [0.15, 0.2) is 0 Å². The molecular weight excluding hydrogens is 340 g/mol. The zero-order chi connectivity index (χ0) is 18.8. The summed E-state index contributed by atoms with van der Waals surface area (Å²) in [5.74, 6) is 0. The van der Waals surface area contributed by atoms with Gasteiger partial charge in [0.1, 0.15) is 0 Å².